The predicted molar refractivity (Wildman–Crippen MR) is 83.7 cm³/mol. The second kappa shape index (κ2) is 8.84. The molecule has 1 aromatic carbocycles. The number of rotatable bonds is 8. The van der Waals surface area contributed by atoms with Crippen LogP contribution >= 0.6 is 23.4 Å². The second-order valence-corrected chi connectivity index (χ2v) is 6.33. The molecule has 0 aromatic heterocycles. The van der Waals surface area contributed by atoms with Gasteiger partial charge in [0.1, 0.15) is 0 Å². The largest absolute Gasteiger partial charge is 0.310 e. The van der Waals surface area contributed by atoms with Gasteiger partial charge < -0.3 is 5.32 Å². The van der Waals surface area contributed by atoms with Gasteiger partial charge in [0, 0.05) is 17.5 Å². The van der Waals surface area contributed by atoms with Gasteiger partial charge in [-0.15, -0.1) is 11.8 Å². The zero-order valence-electron chi connectivity index (χ0n) is 11.6. The van der Waals surface area contributed by atoms with Crippen LogP contribution in [0.3, 0.4) is 0 Å². The Bertz CT molecular complexity index is 352. The molecule has 0 aliphatic rings. The van der Waals surface area contributed by atoms with Crippen LogP contribution in [0.1, 0.15) is 45.6 Å². The van der Waals surface area contributed by atoms with E-state index in [9.17, 15) is 0 Å². The van der Waals surface area contributed by atoms with E-state index in [1.807, 2.05) is 23.9 Å². The SMILES string of the molecule is CCCCCSc1c(Cl)cccc1CNC(C)C. The number of nitrogens with one attached hydrogen (secondary N) is 1. The fraction of sp³-hybridized carbons (Fsp3) is 0.600. The first-order valence-corrected chi connectivity index (χ1v) is 8.15. The van der Waals surface area contributed by atoms with E-state index in [1.165, 1.54) is 29.7 Å². The Hall–Kier alpha value is -0.180. The highest BCUT2D eigenvalue weighted by molar-refractivity contribution is 7.99. The molecule has 1 N–H and O–H groups in total. The summed E-state index contributed by atoms with van der Waals surface area (Å²) in [6.07, 6.45) is 3.84. The van der Waals surface area contributed by atoms with Crippen LogP contribution in [-0.4, -0.2) is 11.8 Å². The molecule has 0 atom stereocenters. The third-order valence-corrected chi connectivity index (χ3v) is 4.43. The summed E-state index contributed by atoms with van der Waals surface area (Å²) < 4.78 is 0. The molecule has 0 heterocycles. The van der Waals surface area contributed by atoms with Crippen molar-refractivity contribution in [2.75, 3.05) is 5.75 Å². The molecular weight excluding hydrogens is 262 g/mol. The third-order valence-electron chi connectivity index (χ3n) is 2.74. The lowest BCUT2D eigenvalue weighted by molar-refractivity contribution is 0.585. The van der Waals surface area contributed by atoms with E-state index >= 15 is 0 Å². The maximum Gasteiger partial charge on any atom is 0.0545 e. The summed E-state index contributed by atoms with van der Waals surface area (Å²) in [7, 11) is 0. The topological polar surface area (TPSA) is 12.0 Å². The van der Waals surface area contributed by atoms with E-state index in [2.05, 4.69) is 32.2 Å². The van der Waals surface area contributed by atoms with Gasteiger partial charge in [-0.1, -0.05) is 57.3 Å². The summed E-state index contributed by atoms with van der Waals surface area (Å²) in [6.45, 7) is 7.46. The van der Waals surface area contributed by atoms with E-state index in [-0.39, 0.29) is 0 Å². The average Bonchev–Trinajstić information content (AvgIpc) is 2.34. The van der Waals surface area contributed by atoms with Crippen LogP contribution in [0.5, 0.6) is 0 Å². The van der Waals surface area contributed by atoms with E-state index < -0.39 is 0 Å². The fourth-order valence-electron chi connectivity index (χ4n) is 1.69. The zero-order chi connectivity index (χ0) is 13.4. The van der Waals surface area contributed by atoms with Crippen molar-refractivity contribution in [1.82, 2.24) is 5.32 Å². The first-order valence-electron chi connectivity index (χ1n) is 6.78. The molecular formula is C15H24ClNS. The Balaban J connectivity index is 2.62. The highest BCUT2D eigenvalue weighted by atomic mass is 35.5. The lowest BCUT2D eigenvalue weighted by Gasteiger charge is -2.13. The van der Waals surface area contributed by atoms with Gasteiger partial charge in [-0.25, -0.2) is 0 Å². The minimum Gasteiger partial charge on any atom is -0.310 e. The monoisotopic (exact) mass is 285 g/mol. The average molecular weight is 286 g/mol. The summed E-state index contributed by atoms with van der Waals surface area (Å²) in [5, 5.41) is 4.35. The molecule has 0 aliphatic heterocycles. The van der Waals surface area contributed by atoms with Crippen molar-refractivity contribution >= 4 is 23.4 Å². The van der Waals surface area contributed by atoms with Gasteiger partial charge >= 0.3 is 0 Å². The Kier molecular flexibility index (Phi) is 7.80. The van der Waals surface area contributed by atoms with E-state index in [4.69, 9.17) is 11.6 Å². The molecule has 102 valence electrons. The maximum absolute atomic E-state index is 6.31. The normalized spacial score (nSPS) is 11.2. The number of hydrogen-bond donors (Lipinski definition) is 1. The summed E-state index contributed by atoms with van der Waals surface area (Å²) in [5.41, 5.74) is 1.32. The summed E-state index contributed by atoms with van der Waals surface area (Å²) >= 11 is 8.20. The molecule has 3 heteroatoms. The van der Waals surface area contributed by atoms with Gasteiger partial charge in [0.05, 0.1) is 5.02 Å². The van der Waals surface area contributed by atoms with E-state index in [1.54, 1.807) is 0 Å². The number of hydrogen-bond acceptors (Lipinski definition) is 2. The minimum absolute atomic E-state index is 0.502. The molecule has 0 spiro atoms. The van der Waals surface area contributed by atoms with Crippen LogP contribution in [0, 0.1) is 0 Å². The maximum atomic E-state index is 6.31. The lowest BCUT2D eigenvalue weighted by Crippen LogP contribution is -2.22. The standard InChI is InChI=1S/C15H24ClNS/c1-4-5-6-10-18-15-13(11-17-12(2)3)8-7-9-14(15)16/h7-9,12,17H,4-6,10-11H2,1-3H3. The molecule has 0 aliphatic carbocycles. The third kappa shape index (κ3) is 5.64. The van der Waals surface area contributed by atoms with Crippen molar-refractivity contribution in [2.45, 2.75) is 57.5 Å². The van der Waals surface area contributed by atoms with Gasteiger partial charge in [-0.3, -0.25) is 0 Å². The molecule has 0 saturated heterocycles. The van der Waals surface area contributed by atoms with Gasteiger partial charge in [0.2, 0.25) is 0 Å². The summed E-state index contributed by atoms with van der Waals surface area (Å²) in [6, 6.07) is 6.70. The minimum atomic E-state index is 0.502. The van der Waals surface area contributed by atoms with Gasteiger partial charge in [0.25, 0.3) is 0 Å². The zero-order valence-corrected chi connectivity index (χ0v) is 13.2. The molecule has 0 radical (unpaired) electrons. The van der Waals surface area contributed by atoms with Crippen molar-refractivity contribution in [1.29, 1.82) is 0 Å². The van der Waals surface area contributed by atoms with Gasteiger partial charge in [-0.05, 0) is 23.8 Å². The number of unbranched alkanes of at least 4 members (excludes halogenated alkanes) is 2. The molecule has 0 unspecified atom stereocenters. The van der Waals surface area contributed by atoms with Crippen LogP contribution in [0.4, 0.5) is 0 Å². The van der Waals surface area contributed by atoms with Crippen LogP contribution < -0.4 is 5.32 Å². The van der Waals surface area contributed by atoms with Crippen LogP contribution in [0.2, 0.25) is 5.02 Å². The summed E-state index contributed by atoms with van der Waals surface area (Å²) in [4.78, 5) is 1.25. The first kappa shape index (κ1) is 15.9. The van der Waals surface area contributed by atoms with Crippen LogP contribution in [0.25, 0.3) is 0 Å². The van der Waals surface area contributed by atoms with Crippen molar-refractivity contribution in [3.8, 4) is 0 Å². The molecule has 0 bridgehead atoms. The van der Waals surface area contributed by atoms with Gasteiger partial charge in [0.15, 0.2) is 0 Å². The summed E-state index contributed by atoms with van der Waals surface area (Å²) in [5.74, 6) is 1.16. The fourth-order valence-corrected chi connectivity index (χ4v) is 3.14. The van der Waals surface area contributed by atoms with Crippen LogP contribution in [0.15, 0.2) is 23.1 Å². The van der Waals surface area contributed by atoms with Gasteiger partial charge in [-0.2, -0.15) is 0 Å². The molecule has 0 saturated carbocycles. The first-order chi connectivity index (χ1) is 8.65. The molecule has 1 rings (SSSR count). The molecule has 0 fully saturated rings. The lowest BCUT2D eigenvalue weighted by atomic mass is 10.2. The van der Waals surface area contributed by atoms with Crippen molar-refractivity contribution in [3.63, 3.8) is 0 Å². The smallest absolute Gasteiger partial charge is 0.0545 e. The highest BCUT2D eigenvalue weighted by Gasteiger charge is 2.07. The van der Waals surface area contributed by atoms with Crippen molar-refractivity contribution in [2.24, 2.45) is 0 Å². The molecule has 1 aromatic rings. The quantitative estimate of drug-likeness (QED) is 0.525. The highest BCUT2D eigenvalue weighted by Crippen LogP contribution is 2.31. The molecule has 1 nitrogen and oxygen atoms in total. The number of benzene rings is 1. The van der Waals surface area contributed by atoms with Crippen molar-refractivity contribution in [3.05, 3.63) is 28.8 Å². The molecule has 18 heavy (non-hydrogen) atoms. The second-order valence-electron chi connectivity index (χ2n) is 4.82. The predicted octanol–water partition coefficient (Wildman–Crippen LogP) is 5.12. The Morgan fingerprint density at radius 1 is 1.28 bits per heavy atom. The van der Waals surface area contributed by atoms with E-state index in [0.29, 0.717) is 6.04 Å². The molecule has 0 amide bonds. The van der Waals surface area contributed by atoms with E-state index in [0.717, 1.165) is 17.3 Å². The Labute approximate surface area is 121 Å². The number of halogens is 1. The van der Waals surface area contributed by atoms with Crippen LogP contribution in [-0.2, 0) is 6.54 Å². The Morgan fingerprint density at radius 3 is 2.72 bits per heavy atom. The number of thioether (sulfide) groups is 1. The van der Waals surface area contributed by atoms with Crippen molar-refractivity contribution < 1.29 is 0 Å². The Morgan fingerprint density at radius 2 is 2.06 bits per heavy atom.